The molecule has 4 N–H and O–H groups in total. The van der Waals surface area contributed by atoms with E-state index in [0.717, 1.165) is 24.6 Å². The van der Waals surface area contributed by atoms with Gasteiger partial charge in [-0.2, -0.15) is 0 Å². The molecule has 11 heteroatoms. The molecule has 30 heavy (non-hydrogen) atoms. The SMILES string of the molecule is CNC(=O)c1cccc2nc(C(C)Nc3ncnc(N)c3S(C)(=O)=O)n(C3CC3)c12. The largest absolute Gasteiger partial charge is 0.382 e. The summed E-state index contributed by atoms with van der Waals surface area (Å²) in [5, 5.41) is 5.80. The number of fused-ring (bicyclic) bond motifs is 1. The summed E-state index contributed by atoms with van der Waals surface area (Å²) in [4.78, 5) is 24.9. The van der Waals surface area contributed by atoms with E-state index in [9.17, 15) is 13.2 Å². The van der Waals surface area contributed by atoms with Crippen LogP contribution in [0.5, 0.6) is 0 Å². The lowest BCUT2D eigenvalue weighted by Crippen LogP contribution is -2.20. The van der Waals surface area contributed by atoms with Crippen LogP contribution in [0.3, 0.4) is 0 Å². The molecule has 0 aliphatic heterocycles. The molecule has 1 fully saturated rings. The topological polar surface area (TPSA) is 145 Å². The molecular formula is C19H23N7O3S. The Bertz CT molecular complexity index is 1250. The normalized spacial score (nSPS) is 15.2. The number of anilines is 2. The van der Waals surface area contributed by atoms with E-state index < -0.39 is 15.9 Å². The molecule has 0 bridgehead atoms. The highest BCUT2D eigenvalue weighted by Gasteiger charge is 2.32. The smallest absolute Gasteiger partial charge is 0.253 e. The van der Waals surface area contributed by atoms with Gasteiger partial charge in [-0.15, -0.1) is 0 Å². The number of hydrogen-bond donors (Lipinski definition) is 3. The standard InChI is InChI=1S/C19H23N7O3S/c1-10(24-17-15(30(3,28)29)16(20)22-9-23-17)18-25-13-6-4-5-12(19(27)21-2)14(13)26(18)11-7-8-11/h4-6,9-11H,7-8H2,1-3H3,(H,21,27)(H3,20,22,23,24). The Morgan fingerprint density at radius 3 is 2.67 bits per heavy atom. The highest BCUT2D eigenvalue weighted by molar-refractivity contribution is 7.91. The van der Waals surface area contributed by atoms with Crippen molar-refractivity contribution in [1.82, 2.24) is 24.8 Å². The summed E-state index contributed by atoms with van der Waals surface area (Å²) >= 11 is 0. The molecule has 10 nitrogen and oxygen atoms in total. The van der Waals surface area contributed by atoms with Gasteiger partial charge in [0.05, 0.1) is 22.6 Å². The molecule has 0 saturated heterocycles. The number of para-hydroxylation sites is 1. The van der Waals surface area contributed by atoms with Gasteiger partial charge in [0.25, 0.3) is 5.91 Å². The number of imidazole rings is 1. The number of nitrogen functional groups attached to an aromatic ring is 1. The Morgan fingerprint density at radius 2 is 2.03 bits per heavy atom. The van der Waals surface area contributed by atoms with Gasteiger partial charge >= 0.3 is 0 Å². The molecule has 1 unspecified atom stereocenters. The number of rotatable bonds is 6. The van der Waals surface area contributed by atoms with E-state index in [1.807, 2.05) is 13.0 Å². The molecule has 3 aromatic rings. The molecule has 2 heterocycles. The predicted molar refractivity (Wildman–Crippen MR) is 113 cm³/mol. The third-order valence-electron chi connectivity index (χ3n) is 5.06. The van der Waals surface area contributed by atoms with Gasteiger partial charge in [-0.25, -0.2) is 23.4 Å². The Kier molecular flexibility index (Phi) is 4.85. The van der Waals surface area contributed by atoms with Crippen LogP contribution in [-0.2, 0) is 9.84 Å². The van der Waals surface area contributed by atoms with Crippen LogP contribution in [0.15, 0.2) is 29.4 Å². The predicted octanol–water partition coefficient (Wildman–Crippen LogP) is 1.68. The van der Waals surface area contributed by atoms with E-state index in [4.69, 9.17) is 10.7 Å². The van der Waals surface area contributed by atoms with Gasteiger partial charge < -0.3 is 20.9 Å². The number of amides is 1. The number of carbonyl (C=O) groups excluding carboxylic acids is 1. The van der Waals surface area contributed by atoms with Gasteiger partial charge in [0.2, 0.25) is 0 Å². The zero-order chi connectivity index (χ0) is 21.6. The fourth-order valence-electron chi connectivity index (χ4n) is 3.62. The second kappa shape index (κ2) is 7.24. The third kappa shape index (κ3) is 3.45. The number of nitrogens with zero attached hydrogens (tertiary/aromatic N) is 4. The number of benzene rings is 1. The minimum absolute atomic E-state index is 0.111. The maximum absolute atomic E-state index is 12.4. The molecule has 1 atom stereocenters. The van der Waals surface area contributed by atoms with Crippen molar-refractivity contribution in [2.45, 2.75) is 36.7 Å². The zero-order valence-corrected chi connectivity index (χ0v) is 17.7. The summed E-state index contributed by atoms with van der Waals surface area (Å²) in [7, 11) is -2.05. The molecular weight excluding hydrogens is 406 g/mol. The van der Waals surface area contributed by atoms with Gasteiger partial charge in [0.1, 0.15) is 18.0 Å². The maximum Gasteiger partial charge on any atom is 0.253 e. The van der Waals surface area contributed by atoms with Crippen molar-refractivity contribution >= 4 is 38.4 Å². The number of hydrogen-bond acceptors (Lipinski definition) is 8. The number of nitrogens with two attached hydrogens (primary N) is 1. The van der Waals surface area contributed by atoms with Crippen LogP contribution in [0, 0.1) is 0 Å². The van der Waals surface area contributed by atoms with Crippen molar-refractivity contribution < 1.29 is 13.2 Å². The van der Waals surface area contributed by atoms with Crippen molar-refractivity contribution in [3.63, 3.8) is 0 Å². The molecule has 158 valence electrons. The second-order valence-corrected chi connectivity index (χ2v) is 9.35. The molecule has 1 saturated carbocycles. The summed E-state index contributed by atoms with van der Waals surface area (Å²) in [5.41, 5.74) is 7.83. The van der Waals surface area contributed by atoms with Gasteiger partial charge in [0, 0.05) is 19.3 Å². The number of aromatic nitrogens is 4. The molecule has 0 spiro atoms. The summed E-state index contributed by atoms with van der Waals surface area (Å²) in [6.07, 6.45) is 4.25. The summed E-state index contributed by atoms with van der Waals surface area (Å²) in [5.74, 6) is 0.524. The first-order valence-electron chi connectivity index (χ1n) is 9.52. The van der Waals surface area contributed by atoms with Crippen LogP contribution < -0.4 is 16.4 Å². The molecule has 1 aliphatic rings. The Morgan fingerprint density at radius 1 is 1.30 bits per heavy atom. The lowest BCUT2D eigenvalue weighted by molar-refractivity contribution is 0.0964. The maximum atomic E-state index is 12.4. The summed E-state index contributed by atoms with van der Waals surface area (Å²) in [6.45, 7) is 1.87. The second-order valence-electron chi connectivity index (χ2n) is 7.40. The number of sulfone groups is 1. The van der Waals surface area contributed by atoms with Gasteiger partial charge in [-0.05, 0) is 31.9 Å². The van der Waals surface area contributed by atoms with Gasteiger partial charge in [0.15, 0.2) is 20.6 Å². The van der Waals surface area contributed by atoms with Crippen LogP contribution in [0.25, 0.3) is 11.0 Å². The highest BCUT2D eigenvalue weighted by Crippen LogP contribution is 2.41. The van der Waals surface area contributed by atoms with E-state index in [1.165, 1.54) is 6.33 Å². The fourth-order valence-corrected chi connectivity index (χ4v) is 4.51. The van der Waals surface area contributed by atoms with Crippen molar-refractivity contribution in [3.8, 4) is 0 Å². The Hall–Kier alpha value is -3.21. The van der Waals surface area contributed by atoms with Crippen molar-refractivity contribution in [3.05, 3.63) is 35.9 Å². The molecule has 4 rings (SSSR count). The number of nitrogens with one attached hydrogen (secondary N) is 2. The van der Waals surface area contributed by atoms with Crippen molar-refractivity contribution in [1.29, 1.82) is 0 Å². The average Bonchev–Trinajstić information content (AvgIpc) is 3.45. The quantitative estimate of drug-likeness (QED) is 0.537. The van der Waals surface area contributed by atoms with Crippen LogP contribution in [0.2, 0.25) is 0 Å². The third-order valence-corrected chi connectivity index (χ3v) is 6.21. The summed E-state index contributed by atoms with van der Waals surface area (Å²) < 4.78 is 26.5. The first-order chi connectivity index (χ1) is 14.2. The minimum atomic E-state index is -3.64. The fraction of sp³-hybridized carbons (Fsp3) is 0.368. The van der Waals surface area contributed by atoms with E-state index in [1.54, 1.807) is 19.2 Å². The van der Waals surface area contributed by atoms with Crippen molar-refractivity contribution in [2.24, 2.45) is 0 Å². The minimum Gasteiger partial charge on any atom is -0.382 e. The lowest BCUT2D eigenvalue weighted by Gasteiger charge is -2.18. The molecule has 2 aromatic heterocycles. The highest BCUT2D eigenvalue weighted by atomic mass is 32.2. The lowest BCUT2D eigenvalue weighted by atomic mass is 10.1. The molecule has 0 radical (unpaired) electrons. The zero-order valence-electron chi connectivity index (χ0n) is 16.9. The molecule has 1 aromatic carbocycles. The van der Waals surface area contributed by atoms with E-state index >= 15 is 0 Å². The van der Waals surface area contributed by atoms with Crippen molar-refractivity contribution in [2.75, 3.05) is 24.4 Å². The first kappa shape index (κ1) is 20.1. The Balaban J connectivity index is 1.83. The van der Waals surface area contributed by atoms with E-state index in [0.29, 0.717) is 16.9 Å². The van der Waals surface area contributed by atoms with Crippen LogP contribution in [0.4, 0.5) is 11.6 Å². The van der Waals surface area contributed by atoms with E-state index in [2.05, 4.69) is 25.2 Å². The van der Waals surface area contributed by atoms with Gasteiger partial charge in [-0.1, -0.05) is 6.07 Å². The average molecular weight is 430 g/mol. The van der Waals surface area contributed by atoms with Crippen LogP contribution >= 0.6 is 0 Å². The van der Waals surface area contributed by atoms with E-state index in [-0.39, 0.29) is 28.5 Å². The monoisotopic (exact) mass is 429 g/mol. The number of carbonyl (C=O) groups is 1. The van der Waals surface area contributed by atoms with Gasteiger partial charge in [-0.3, -0.25) is 4.79 Å². The van der Waals surface area contributed by atoms with Crippen LogP contribution in [0.1, 0.15) is 48.0 Å². The molecule has 1 amide bonds. The van der Waals surface area contributed by atoms with Crippen LogP contribution in [-0.4, -0.2) is 47.1 Å². The summed E-state index contributed by atoms with van der Waals surface area (Å²) in [6, 6.07) is 5.28. The molecule has 1 aliphatic carbocycles. The first-order valence-corrected chi connectivity index (χ1v) is 11.4. The Labute approximate surface area is 173 Å².